The molecule has 0 bridgehead atoms. The van der Waals surface area contributed by atoms with Crippen LogP contribution < -0.4 is 0 Å². The number of hydrogen-bond acceptors (Lipinski definition) is 5. The minimum Gasteiger partial charge on any atom is -0.444 e. The Kier molecular flexibility index (Phi) is 5.23. The molecule has 1 amide bonds. The normalized spacial score (nSPS) is 21.1. The molecule has 1 aromatic rings. The molecule has 0 saturated carbocycles. The molecule has 0 N–H and O–H groups in total. The van der Waals surface area contributed by atoms with Gasteiger partial charge in [-0.15, -0.1) is 0 Å². The molecule has 2 aliphatic rings. The Morgan fingerprint density at radius 3 is 2.50 bits per heavy atom. The molecule has 2 saturated heterocycles. The number of carbonyl (C=O) groups excluding carboxylic acids is 1. The highest BCUT2D eigenvalue weighted by molar-refractivity contribution is 5.96. The van der Waals surface area contributed by atoms with Crippen LogP contribution in [-0.4, -0.2) is 60.0 Å². The van der Waals surface area contributed by atoms with E-state index in [-0.39, 0.29) is 11.5 Å². The van der Waals surface area contributed by atoms with E-state index < -0.39 is 5.60 Å². The summed E-state index contributed by atoms with van der Waals surface area (Å²) in [5.74, 6) is 0. The van der Waals surface area contributed by atoms with Gasteiger partial charge in [0.2, 0.25) is 0 Å². The Bertz CT molecular complexity index is 661. The van der Waals surface area contributed by atoms with Crippen LogP contribution in [0.4, 0.5) is 4.79 Å². The molecule has 2 fully saturated rings. The standard InChI is InChI=1S/C20H29N3O3/c1-5-25-21-17-12-22(11-16-9-7-6-8-10-16)13-20(17)14-23(15-20)18(24)26-19(2,3)4/h6-10H,5,11-15H2,1-4H3/b21-17-. The van der Waals surface area contributed by atoms with Gasteiger partial charge in [0.05, 0.1) is 11.1 Å². The largest absolute Gasteiger partial charge is 0.444 e. The Hall–Kier alpha value is -2.08. The fraction of sp³-hybridized carbons (Fsp3) is 0.600. The smallest absolute Gasteiger partial charge is 0.410 e. The van der Waals surface area contributed by atoms with Crippen LogP contribution in [0.5, 0.6) is 0 Å². The lowest BCUT2D eigenvalue weighted by Crippen LogP contribution is -2.63. The molecule has 0 unspecified atom stereocenters. The lowest BCUT2D eigenvalue weighted by molar-refractivity contribution is -0.0155. The monoisotopic (exact) mass is 359 g/mol. The number of likely N-dealkylation sites (tertiary alicyclic amines) is 2. The van der Waals surface area contributed by atoms with Crippen LogP contribution in [0.15, 0.2) is 35.5 Å². The zero-order valence-electron chi connectivity index (χ0n) is 16.2. The second kappa shape index (κ2) is 7.27. The SMILES string of the molecule is CCO/N=C1/CN(Cc2ccccc2)CC12CN(C(=O)OC(C)(C)C)C2. The molecule has 3 rings (SSSR count). The van der Waals surface area contributed by atoms with Gasteiger partial charge in [-0.2, -0.15) is 0 Å². The number of nitrogens with zero attached hydrogens (tertiary/aromatic N) is 3. The third-order valence-electron chi connectivity index (χ3n) is 4.70. The van der Waals surface area contributed by atoms with Crippen LogP contribution in [0.1, 0.15) is 33.3 Å². The number of benzene rings is 1. The van der Waals surface area contributed by atoms with Gasteiger partial charge in [0.15, 0.2) is 0 Å². The van der Waals surface area contributed by atoms with Gasteiger partial charge in [0, 0.05) is 32.7 Å². The first-order valence-corrected chi connectivity index (χ1v) is 9.25. The van der Waals surface area contributed by atoms with E-state index in [0.29, 0.717) is 19.7 Å². The van der Waals surface area contributed by atoms with Crippen LogP contribution in [-0.2, 0) is 16.1 Å². The van der Waals surface area contributed by atoms with Gasteiger partial charge in [-0.05, 0) is 33.3 Å². The summed E-state index contributed by atoms with van der Waals surface area (Å²) < 4.78 is 5.49. The summed E-state index contributed by atoms with van der Waals surface area (Å²) in [6.07, 6.45) is -0.250. The highest BCUT2D eigenvalue weighted by Crippen LogP contribution is 2.39. The Morgan fingerprint density at radius 2 is 1.88 bits per heavy atom. The minimum absolute atomic E-state index is 0.110. The van der Waals surface area contributed by atoms with Crippen molar-refractivity contribution in [3.05, 3.63) is 35.9 Å². The number of ether oxygens (including phenoxy) is 1. The average Bonchev–Trinajstić information content (AvgIpc) is 2.89. The van der Waals surface area contributed by atoms with E-state index in [1.807, 2.05) is 33.8 Å². The van der Waals surface area contributed by atoms with Crippen molar-refractivity contribution in [1.29, 1.82) is 0 Å². The fourth-order valence-electron chi connectivity index (χ4n) is 3.60. The molecule has 6 heteroatoms. The molecule has 1 aromatic carbocycles. The third-order valence-corrected chi connectivity index (χ3v) is 4.70. The number of oxime groups is 1. The maximum absolute atomic E-state index is 12.3. The number of amides is 1. The topological polar surface area (TPSA) is 54.4 Å². The van der Waals surface area contributed by atoms with Crippen molar-refractivity contribution < 1.29 is 14.4 Å². The Labute approximate surface area is 155 Å². The second-order valence-electron chi connectivity index (χ2n) is 8.20. The minimum atomic E-state index is -0.475. The Balaban J connectivity index is 1.66. The molecule has 142 valence electrons. The second-order valence-corrected chi connectivity index (χ2v) is 8.20. The van der Waals surface area contributed by atoms with Gasteiger partial charge in [0.25, 0.3) is 0 Å². The molecule has 0 radical (unpaired) electrons. The molecule has 2 heterocycles. The average molecular weight is 359 g/mol. The van der Waals surface area contributed by atoms with E-state index >= 15 is 0 Å². The maximum Gasteiger partial charge on any atom is 0.410 e. The first-order chi connectivity index (χ1) is 12.3. The first kappa shape index (κ1) is 18.7. The summed E-state index contributed by atoms with van der Waals surface area (Å²) in [6, 6.07) is 10.4. The summed E-state index contributed by atoms with van der Waals surface area (Å²) in [7, 11) is 0. The van der Waals surface area contributed by atoms with Crippen molar-refractivity contribution >= 4 is 11.8 Å². The van der Waals surface area contributed by atoms with Crippen molar-refractivity contribution in [2.45, 2.75) is 39.8 Å². The molecular weight excluding hydrogens is 330 g/mol. The summed E-state index contributed by atoms with van der Waals surface area (Å²) in [5, 5.41) is 4.37. The van der Waals surface area contributed by atoms with Crippen molar-refractivity contribution in [3.63, 3.8) is 0 Å². The van der Waals surface area contributed by atoms with Crippen LogP contribution >= 0.6 is 0 Å². The van der Waals surface area contributed by atoms with Crippen LogP contribution in [0.3, 0.4) is 0 Å². The van der Waals surface area contributed by atoms with Crippen molar-refractivity contribution in [2.75, 3.05) is 32.8 Å². The zero-order valence-corrected chi connectivity index (χ0v) is 16.2. The molecule has 26 heavy (non-hydrogen) atoms. The number of hydrogen-bond donors (Lipinski definition) is 0. The van der Waals surface area contributed by atoms with Crippen molar-refractivity contribution in [3.8, 4) is 0 Å². The quantitative estimate of drug-likeness (QED) is 0.775. The van der Waals surface area contributed by atoms with E-state index in [1.54, 1.807) is 4.90 Å². The molecule has 1 spiro atoms. The predicted octanol–water partition coefficient (Wildman–Crippen LogP) is 3.13. The van der Waals surface area contributed by atoms with Gasteiger partial charge < -0.3 is 14.5 Å². The van der Waals surface area contributed by atoms with E-state index in [9.17, 15) is 4.79 Å². The van der Waals surface area contributed by atoms with Gasteiger partial charge >= 0.3 is 6.09 Å². The van der Waals surface area contributed by atoms with Gasteiger partial charge in [-0.1, -0.05) is 35.5 Å². The maximum atomic E-state index is 12.3. The third kappa shape index (κ3) is 4.18. The van der Waals surface area contributed by atoms with Crippen molar-refractivity contribution in [2.24, 2.45) is 10.6 Å². The highest BCUT2D eigenvalue weighted by Gasteiger charge is 2.55. The van der Waals surface area contributed by atoms with E-state index in [2.05, 4.69) is 34.3 Å². The molecule has 0 atom stereocenters. The molecule has 6 nitrogen and oxygen atoms in total. The Morgan fingerprint density at radius 1 is 1.19 bits per heavy atom. The summed E-state index contributed by atoms with van der Waals surface area (Å²) in [6.45, 7) is 12.0. The molecular formula is C20H29N3O3. The van der Waals surface area contributed by atoms with Gasteiger partial charge in [-0.3, -0.25) is 4.90 Å². The van der Waals surface area contributed by atoms with Crippen LogP contribution in [0.25, 0.3) is 0 Å². The van der Waals surface area contributed by atoms with E-state index in [1.165, 1.54) is 5.56 Å². The van der Waals surface area contributed by atoms with E-state index in [0.717, 1.165) is 25.3 Å². The van der Waals surface area contributed by atoms with E-state index in [4.69, 9.17) is 9.57 Å². The highest BCUT2D eigenvalue weighted by atomic mass is 16.6. The zero-order chi connectivity index (χ0) is 18.8. The van der Waals surface area contributed by atoms with Gasteiger partial charge in [-0.25, -0.2) is 4.79 Å². The van der Waals surface area contributed by atoms with Crippen molar-refractivity contribution in [1.82, 2.24) is 9.80 Å². The number of carbonyl (C=O) groups is 1. The fourth-order valence-corrected chi connectivity index (χ4v) is 3.60. The van der Waals surface area contributed by atoms with Crippen LogP contribution in [0, 0.1) is 5.41 Å². The number of rotatable bonds is 4. The molecule has 0 aliphatic carbocycles. The van der Waals surface area contributed by atoms with Crippen LogP contribution in [0.2, 0.25) is 0 Å². The lowest BCUT2D eigenvalue weighted by Gasteiger charge is -2.47. The summed E-state index contributed by atoms with van der Waals surface area (Å²) in [5.41, 5.74) is 1.73. The lowest BCUT2D eigenvalue weighted by atomic mass is 9.78. The predicted molar refractivity (Wildman–Crippen MR) is 101 cm³/mol. The van der Waals surface area contributed by atoms with Gasteiger partial charge in [0.1, 0.15) is 12.2 Å². The molecule has 2 aliphatic heterocycles. The summed E-state index contributed by atoms with van der Waals surface area (Å²) in [4.78, 5) is 21.8. The summed E-state index contributed by atoms with van der Waals surface area (Å²) >= 11 is 0. The molecule has 0 aromatic heterocycles. The first-order valence-electron chi connectivity index (χ1n) is 9.25.